The Hall–Kier alpha value is -2.93. The molecule has 2 aromatic heterocycles. The Morgan fingerprint density at radius 2 is 1.96 bits per heavy atom. The van der Waals surface area contributed by atoms with Crippen LogP contribution < -0.4 is 5.32 Å². The normalized spacial score (nSPS) is 11.1. The fourth-order valence-corrected chi connectivity index (χ4v) is 3.38. The van der Waals surface area contributed by atoms with E-state index in [0.717, 1.165) is 22.3 Å². The molecule has 0 aliphatic rings. The summed E-state index contributed by atoms with van der Waals surface area (Å²) in [5, 5.41) is 11.7. The highest BCUT2D eigenvalue weighted by Crippen LogP contribution is 2.24. The van der Waals surface area contributed by atoms with Gasteiger partial charge >= 0.3 is 0 Å². The zero-order chi connectivity index (χ0) is 17.2. The first-order chi connectivity index (χ1) is 12.2. The van der Waals surface area contributed by atoms with Crippen LogP contribution in [-0.4, -0.2) is 31.2 Å². The molecule has 0 atom stereocenters. The number of hydrogen-bond acceptors (Lipinski definition) is 5. The Morgan fingerprint density at radius 3 is 2.84 bits per heavy atom. The Labute approximate surface area is 148 Å². The molecule has 124 valence electrons. The molecule has 0 fully saturated rings. The first-order valence-electron chi connectivity index (χ1n) is 7.79. The molecule has 0 unspecified atom stereocenters. The van der Waals surface area contributed by atoms with Gasteiger partial charge in [-0.2, -0.15) is 0 Å². The summed E-state index contributed by atoms with van der Waals surface area (Å²) in [7, 11) is 0. The fraction of sp³-hybridized carbons (Fsp3) is 0.111. The Bertz CT molecular complexity index is 1080. The van der Waals surface area contributed by atoms with Crippen molar-refractivity contribution < 1.29 is 4.79 Å². The number of anilines is 1. The van der Waals surface area contributed by atoms with Crippen LogP contribution in [0, 0.1) is 6.92 Å². The van der Waals surface area contributed by atoms with Gasteiger partial charge in [-0.15, -0.1) is 10.2 Å². The third kappa shape index (κ3) is 3.06. The minimum Gasteiger partial charge on any atom is -0.325 e. The quantitative estimate of drug-likeness (QED) is 0.572. The van der Waals surface area contributed by atoms with Gasteiger partial charge in [-0.25, -0.2) is 4.98 Å². The molecule has 0 spiro atoms. The summed E-state index contributed by atoms with van der Waals surface area (Å²) in [5.74, 6) is 0.175. The van der Waals surface area contributed by atoms with E-state index < -0.39 is 0 Å². The molecule has 0 aliphatic carbocycles. The van der Waals surface area contributed by atoms with E-state index in [9.17, 15) is 4.79 Å². The maximum absolute atomic E-state index is 12.3. The van der Waals surface area contributed by atoms with Gasteiger partial charge in [0.05, 0.1) is 16.8 Å². The van der Waals surface area contributed by atoms with Crippen molar-refractivity contribution in [1.29, 1.82) is 0 Å². The Morgan fingerprint density at radius 1 is 1.16 bits per heavy atom. The third-order valence-corrected chi connectivity index (χ3v) is 4.82. The van der Waals surface area contributed by atoms with E-state index in [1.807, 2.05) is 59.9 Å². The molecular weight excluding hydrogens is 334 g/mol. The van der Waals surface area contributed by atoms with Gasteiger partial charge in [0.25, 0.3) is 0 Å². The van der Waals surface area contributed by atoms with Crippen LogP contribution in [0.25, 0.3) is 16.7 Å². The molecule has 4 aromatic rings. The van der Waals surface area contributed by atoms with Crippen LogP contribution in [0.15, 0.2) is 59.9 Å². The number of rotatable bonds is 4. The zero-order valence-corrected chi connectivity index (χ0v) is 14.3. The molecule has 1 N–H and O–H groups in total. The van der Waals surface area contributed by atoms with E-state index >= 15 is 0 Å². The number of aryl methyl sites for hydroxylation is 1. The van der Waals surface area contributed by atoms with Crippen LogP contribution in [0.1, 0.15) is 5.56 Å². The minimum atomic E-state index is -0.0769. The number of nitrogens with one attached hydrogen (secondary N) is 1. The SMILES string of the molecule is Cc1ccccc1NC(=O)CSc1nc2ccccc2n2cnnc12. The number of benzene rings is 2. The van der Waals surface area contributed by atoms with E-state index in [0.29, 0.717) is 10.7 Å². The summed E-state index contributed by atoms with van der Waals surface area (Å²) in [6.45, 7) is 1.97. The molecule has 6 nitrogen and oxygen atoms in total. The van der Waals surface area contributed by atoms with Gasteiger partial charge in [0.2, 0.25) is 5.91 Å². The van der Waals surface area contributed by atoms with Crippen LogP contribution in [0.2, 0.25) is 0 Å². The highest BCUT2D eigenvalue weighted by atomic mass is 32.2. The second-order valence-corrected chi connectivity index (χ2v) is 6.55. The molecular formula is C18H15N5OS. The summed E-state index contributed by atoms with van der Waals surface area (Å²) in [6, 6.07) is 15.5. The smallest absolute Gasteiger partial charge is 0.234 e. The van der Waals surface area contributed by atoms with Crippen LogP contribution in [-0.2, 0) is 4.79 Å². The number of para-hydroxylation sites is 3. The maximum atomic E-state index is 12.3. The number of aromatic nitrogens is 4. The van der Waals surface area contributed by atoms with Gasteiger partial charge in [0.1, 0.15) is 11.4 Å². The van der Waals surface area contributed by atoms with E-state index in [4.69, 9.17) is 0 Å². The van der Waals surface area contributed by atoms with Gasteiger partial charge < -0.3 is 5.32 Å². The van der Waals surface area contributed by atoms with Crippen molar-refractivity contribution in [2.24, 2.45) is 0 Å². The highest BCUT2D eigenvalue weighted by molar-refractivity contribution is 8.00. The average Bonchev–Trinajstić information content (AvgIpc) is 3.12. The number of carbonyl (C=O) groups excluding carboxylic acids is 1. The van der Waals surface area contributed by atoms with Gasteiger partial charge in [-0.1, -0.05) is 42.1 Å². The number of hydrogen-bond donors (Lipinski definition) is 1. The molecule has 1 amide bonds. The Kier molecular flexibility index (Phi) is 4.07. The van der Waals surface area contributed by atoms with Crippen LogP contribution in [0.5, 0.6) is 0 Å². The highest BCUT2D eigenvalue weighted by Gasteiger charge is 2.13. The van der Waals surface area contributed by atoms with Gasteiger partial charge in [-0.05, 0) is 30.7 Å². The van der Waals surface area contributed by atoms with E-state index in [1.165, 1.54) is 11.8 Å². The lowest BCUT2D eigenvalue weighted by molar-refractivity contribution is -0.113. The lowest BCUT2D eigenvalue weighted by atomic mass is 10.2. The molecule has 0 radical (unpaired) electrons. The van der Waals surface area contributed by atoms with E-state index in [2.05, 4.69) is 20.5 Å². The first kappa shape index (κ1) is 15.6. The average molecular weight is 349 g/mol. The lowest BCUT2D eigenvalue weighted by Gasteiger charge is -2.08. The van der Waals surface area contributed by atoms with Crippen LogP contribution in [0.3, 0.4) is 0 Å². The van der Waals surface area contributed by atoms with Crippen molar-refractivity contribution >= 4 is 40.0 Å². The second-order valence-electron chi connectivity index (χ2n) is 5.58. The molecule has 7 heteroatoms. The number of carbonyl (C=O) groups is 1. The summed E-state index contributed by atoms with van der Waals surface area (Å²) in [4.78, 5) is 16.9. The first-order valence-corrected chi connectivity index (χ1v) is 8.78. The largest absolute Gasteiger partial charge is 0.325 e. The third-order valence-electron chi connectivity index (χ3n) is 3.86. The van der Waals surface area contributed by atoms with Crippen molar-refractivity contribution in [3.63, 3.8) is 0 Å². The zero-order valence-electron chi connectivity index (χ0n) is 13.5. The lowest BCUT2D eigenvalue weighted by Crippen LogP contribution is -2.15. The molecule has 2 aromatic carbocycles. The Balaban J connectivity index is 1.57. The van der Waals surface area contributed by atoms with Crippen molar-refractivity contribution in [2.75, 3.05) is 11.1 Å². The molecule has 2 heterocycles. The van der Waals surface area contributed by atoms with Crippen molar-refractivity contribution in [3.05, 3.63) is 60.4 Å². The molecule has 0 bridgehead atoms. The number of fused-ring (bicyclic) bond motifs is 3. The van der Waals surface area contributed by atoms with Crippen LogP contribution >= 0.6 is 11.8 Å². The standard InChI is InChI=1S/C18H15N5OS/c1-12-6-2-3-7-13(12)20-16(24)10-25-18-17-22-19-11-23(17)15-9-5-4-8-14(15)21-18/h2-9,11H,10H2,1H3,(H,20,24). The topological polar surface area (TPSA) is 72.2 Å². The summed E-state index contributed by atoms with van der Waals surface area (Å²) in [6.07, 6.45) is 1.66. The van der Waals surface area contributed by atoms with Gasteiger partial charge in [0, 0.05) is 5.69 Å². The maximum Gasteiger partial charge on any atom is 0.234 e. The predicted molar refractivity (Wildman–Crippen MR) is 98.8 cm³/mol. The molecule has 4 rings (SSSR count). The van der Waals surface area contributed by atoms with Crippen molar-refractivity contribution in [3.8, 4) is 0 Å². The van der Waals surface area contributed by atoms with Gasteiger partial charge in [-0.3, -0.25) is 9.20 Å². The molecule has 0 saturated heterocycles. The fourth-order valence-electron chi connectivity index (χ4n) is 2.61. The molecule has 0 saturated carbocycles. The number of amides is 1. The van der Waals surface area contributed by atoms with E-state index in [1.54, 1.807) is 6.33 Å². The molecule has 25 heavy (non-hydrogen) atoms. The second kappa shape index (κ2) is 6.52. The van der Waals surface area contributed by atoms with Crippen LogP contribution in [0.4, 0.5) is 5.69 Å². The summed E-state index contributed by atoms with van der Waals surface area (Å²) >= 11 is 1.36. The van der Waals surface area contributed by atoms with Crippen molar-refractivity contribution in [1.82, 2.24) is 19.6 Å². The predicted octanol–water partition coefficient (Wildman–Crippen LogP) is 3.32. The minimum absolute atomic E-state index is 0.0769. The van der Waals surface area contributed by atoms with E-state index in [-0.39, 0.29) is 11.7 Å². The number of thioether (sulfide) groups is 1. The number of nitrogens with zero attached hydrogens (tertiary/aromatic N) is 4. The van der Waals surface area contributed by atoms with Gasteiger partial charge in [0.15, 0.2) is 5.65 Å². The monoisotopic (exact) mass is 349 g/mol. The van der Waals surface area contributed by atoms with Crippen molar-refractivity contribution in [2.45, 2.75) is 11.9 Å². The summed E-state index contributed by atoms with van der Waals surface area (Å²) < 4.78 is 1.89. The molecule has 0 aliphatic heterocycles. The summed E-state index contributed by atoms with van der Waals surface area (Å²) in [5.41, 5.74) is 4.30.